The third-order valence-corrected chi connectivity index (χ3v) is 1.90. The Labute approximate surface area is 77.2 Å². The maximum Gasteiger partial charge on any atom is 0.267 e. The Morgan fingerprint density at radius 2 is 2.23 bits per heavy atom. The molecule has 0 fully saturated rings. The van der Waals surface area contributed by atoms with Gasteiger partial charge in [0.2, 0.25) is 0 Å². The van der Waals surface area contributed by atoms with Crippen LogP contribution >= 0.6 is 0 Å². The first-order chi connectivity index (χ1) is 6.15. The van der Waals surface area contributed by atoms with Crippen molar-refractivity contribution >= 4 is 0 Å². The third-order valence-electron chi connectivity index (χ3n) is 1.90. The molecule has 13 heavy (non-hydrogen) atoms. The van der Waals surface area contributed by atoms with Crippen LogP contribution in [0.1, 0.15) is 18.2 Å². The number of rotatable bonds is 3. The van der Waals surface area contributed by atoms with Gasteiger partial charge in [-0.15, -0.1) is 0 Å². The van der Waals surface area contributed by atoms with E-state index in [4.69, 9.17) is 0 Å². The molecule has 1 aromatic rings. The van der Waals surface area contributed by atoms with Gasteiger partial charge in [0.25, 0.3) is 5.56 Å². The maximum atomic E-state index is 11.2. The smallest absolute Gasteiger partial charge is 0.267 e. The lowest BCUT2D eigenvalue weighted by Crippen LogP contribution is -2.06. The van der Waals surface area contributed by atoms with E-state index in [1.165, 1.54) is 0 Å². The molecule has 0 aromatic carbocycles. The molecule has 1 aromatic heterocycles. The Hall–Kier alpha value is -1.51. The van der Waals surface area contributed by atoms with Crippen LogP contribution in [-0.4, -0.2) is 10.2 Å². The Bertz CT molecular complexity index is 382. The van der Waals surface area contributed by atoms with Gasteiger partial charge in [-0.1, -0.05) is 24.3 Å². The van der Waals surface area contributed by atoms with Crippen LogP contribution in [0.15, 0.2) is 29.1 Å². The lowest BCUT2D eigenvalue weighted by molar-refractivity contribution is 1.02. The summed E-state index contributed by atoms with van der Waals surface area (Å²) in [7, 11) is 0. The minimum absolute atomic E-state index is 0.0526. The summed E-state index contributed by atoms with van der Waals surface area (Å²) in [4.78, 5) is 11.2. The molecule has 0 unspecified atom stereocenters. The molecule has 70 valence electrons. The molecular weight excluding hydrogens is 164 g/mol. The molecule has 0 saturated heterocycles. The first-order valence-electron chi connectivity index (χ1n) is 4.21. The first kappa shape index (κ1) is 9.58. The van der Waals surface area contributed by atoms with Gasteiger partial charge in [-0.3, -0.25) is 9.89 Å². The SMILES string of the molecule is C=C(/C=C\C)Cc1c(C)[nH][nH]c1=O. The Balaban J connectivity index is 2.85. The molecule has 0 aliphatic rings. The molecule has 1 heterocycles. The van der Waals surface area contributed by atoms with Gasteiger partial charge in [0, 0.05) is 17.7 Å². The van der Waals surface area contributed by atoms with Crippen molar-refractivity contribution in [3.63, 3.8) is 0 Å². The average molecular weight is 178 g/mol. The largest absolute Gasteiger partial charge is 0.302 e. The predicted octanol–water partition coefficient (Wildman–Crippen LogP) is 1.69. The van der Waals surface area contributed by atoms with E-state index in [0.29, 0.717) is 6.42 Å². The minimum Gasteiger partial charge on any atom is -0.302 e. The summed E-state index contributed by atoms with van der Waals surface area (Å²) < 4.78 is 0. The van der Waals surface area contributed by atoms with E-state index in [9.17, 15) is 4.79 Å². The molecule has 0 bridgehead atoms. The van der Waals surface area contributed by atoms with Crippen molar-refractivity contribution in [2.75, 3.05) is 0 Å². The van der Waals surface area contributed by atoms with Crippen LogP contribution < -0.4 is 5.56 Å². The molecule has 3 heteroatoms. The van der Waals surface area contributed by atoms with Gasteiger partial charge in [0.05, 0.1) is 0 Å². The zero-order chi connectivity index (χ0) is 9.84. The van der Waals surface area contributed by atoms with Gasteiger partial charge >= 0.3 is 0 Å². The second-order valence-electron chi connectivity index (χ2n) is 3.02. The summed E-state index contributed by atoms with van der Waals surface area (Å²) in [6.45, 7) is 7.65. The number of aromatic nitrogens is 2. The fourth-order valence-electron chi connectivity index (χ4n) is 1.21. The predicted molar refractivity (Wildman–Crippen MR) is 53.8 cm³/mol. The van der Waals surface area contributed by atoms with Crippen LogP contribution in [0.5, 0.6) is 0 Å². The zero-order valence-electron chi connectivity index (χ0n) is 7.98. The molecular formula is C10H14N2O. The summed E-state index contributed by atoms with van der Waals surface area (Å²) in [5.74, 6) is 0. The summed E-state index contributed by atoms with van der Waals surface area (Å²) in [5, 5.41) is 5.32. The molecule has 0 atom stereocenters. The molecule has 3 nitrogen and oxygen atoms in total. The van der Waals surface area contributed by atoms with Crippen LogP contribution in [0.2, 0.25) is 0 Å². The fourth-order valence-corrected chi connectivity index (χ4v) is 1.21. The van der Waals surface area contributed by atoms with Gasteiger partial charge in [-0.05, 0) is 13.8 Å². The number of allylic oxidation sites excluding steroid dienone is 3. The van der Waals surface area contributed by atoms with E-state index in [-0.39, 0.29) is 5.56 Å². The summed E-state index contributed by atoms with van der Waals surface area (Å²) in [6.07, 6.45) is 4.43. The van der Waals surface area contributed by atoms with Crippen molar-refractivity contribution in [3.05, 3.63) is 45.9 Å². The third kappa shape index (κ3) is 2.21. The van der Waals surface area contributed by atoms with Gasteiger partial charge in [0.1, 0.15) is 0 Å². The van der Waals surface area contributed by atoms with Crippen molar-refractivity contribution in [2.24, 2.45) is 0 Å². The van der Waals surface area contributed by atoms with E-state index in [0.717, 1.165) is 16.8 Å². The van der Waals surface area contributed by atoms with Gasteiger partial charge < -0.3 is 5.10 Å². The number of aromatic amines is 2. The maximum absolute atomic E-state index is 11.2. The molecule has 0 spiro atoms. The highest BCUT2D eigenvalue weighted by Crippen LogP contribution is 2.05. The number of aryl methyl sites for hydroxylation is 1. The molecule has 1 rings (SSSR count). The van der Waals surface area contributed by atoms with E-state index in [1.54, 1.807) is 0 Å². The average Bonchev–Trinajstić information content (AvgIpc) is 2.36. The molecule has 2 N–H and O–H groups in total. The summed E-state index contributed by atoms with van der Waals surface area (Å²) >= 11 is 0. The van der Waals surface area contributed by atoms with E-state index < -0.39 is 0 Å². The fraction of sp³-hybridized carbons (Fsp3) is 0.300. The Morgan fingerprint density at radius 1 is 1.54 bits per heavy atom. The van der Waals surface area contributed by atoms with Gasteiger partial charge in [-0.25, -0.2) is 0 Å². The van der Waals surface area contributed by atoms with Crippen molar-refractivity contribution in [1.82, 2.24) is 10.2 Å². The minimum atomic E-state index is -0.0526. The lowest BCUT2D eigenvalue weighted by Gasteiger charge is -1.96. The first-order valence-corrected chi connectivity index (χ1v) is 4.21. The van der Waals surface area contributed by atoms with Crippen LogP contribution in [0.4, 0.5) is 0 Å². The second-order valence-corrected chi connectivity index (χ2v) is 3.02. The molecule has 0 saturated carbocycles. The van der Waals surface area contributed by atoms with E-state index in [1.807, 2.05) is 26.0 Å². The van der Waals surface area contributed by atoms with Gasteiger partial charge in [0.15, 0.2) is 0 Å². The van der Waals surface area contributed by atoms with Crippen LogP contribution in [0.3, 0.4) is 0 Å². The monoisotopic (exact) mass is 178 g/mol. The molecule has 0 aliphatic heterocycles. The topological polar surface area (TPSA) is 48.6 Å². The Kier molecular flexibility index (Phi) is 2.90. The zero-order valence-corrected chi connectivity index (χ0v) is 7.98. The van der Waals surface area contributed by atoms with Crippen molar-refractivity contribution in [1.29, 1.82) is 0 Å². The van der Waals surface area contributed by atoms with E-state index in [2.05, 4.69) is 16.8 Å². The van der Waals surface area contributed by atoms with Crippen LogP contribution in [0.25, 0.3) is 0 Å². The van der Waals surface area contributed by atoms with Crippen LogP contribution in [0, 0.1) is 6.92 Å². The van der Waals surface area contributed by atoms with Crippen LogP contribution in [-0.2, 0) is 6.42 Å². The second kappa shape index (κ2) is 3.94. The van der Waals surface area contributed by atoms with E-state index >= 15 is 0 Å². The molecule has 0 radical (unpaired) electrons. The normalized spacial score (nSPS) is 10.9. The number of H-pyrrole nitrogens is 2. The summed E-state index contributed by atoms with van der Waals surface area (Å²) in [5.41, 5.74) is 2.54. The van der Waals surface area contributed by atoms with Crippen molar-refractivity contribution in [2.45, 2.75) is 20.3 Å². The summed E-state index contributed by atoms with van der Waals surface area (Å²) in [6, 6.07) is 0. The highest BCUT2D eigenvalue weighted by atomic mass is 16.1. The highest BCUT2D eigenvalue weighted by Gasteiger charge is 2.05. The molecule has 0 amide bonds. The standard InChI is InChI=1S/C10H14N2O/c1-4-5-7(2)6-9-8(3)11-12-10(9)13/h4-5H,2,6H2,1,3H3,(H2,11,12,13)/b5-4-. The van der Waals surface area contributed by atoms with Crippen molar-refractivity contribution in [3.8, 4) is 0 Å². The molecule has 0 aliphatic carbocycles. The number of nitrogens with one attached hydrogen (secondary N) is 2. The Morgan fingerprint density at radius 3 is 2.69 bits per heavy atom. The van der Waals surface area contributed by atoms with Gasteiger partial charge in [-0.2, -0.15) is 0 Å². The number of hydrogen-bond acceptors (Lipinski definition) is 1. The van der Waals surface area contributed by atoms with Crippen molar-refractivity contribution < 1.29 is 0 Å². The lowest BCUT2D eigenvalue weighted by atomic mass is 10.1. The quantitative estimate of drug-likeness (QED) is 0.680. The highest BCUT2D eigenvalue weighted by molar-refractivity contribution is 5.26. The number of hydrogen-bond donors (Lipinski definition) is 2.